The molecule has 1 aromatic heterocycles. The highest BCUT2D eigenvalue weighted by molar-refractivity contribution is 7.85. The Morgan fingerprint density at radius 2 is 1.89 bits per heavy atom. The molecule has 7 nitrogen and oxygen atoms in total. The van der Waals surface area contributed by atoms with Gasteiger partial charge in [-0.05, 0) is 12.8 Å². The molecule has 0 aromatic carbocycles. The Hall–Kier alpha value is -1.44. The highest BCUT2D eigenvalue weighted by Gasteiger charge is 2.20. The van der Waals surface area contributed by atoms with Crippen LogP contribution >= 0.6 is 0 Å². The van der Waals surface area contributed by atoms with Crippen molar-refractivity contribution >= 4 is 16.6 Å². The molecule has 18 heavy (non-hydrogen) atoms. The highest BCUT2D eigenvalue weighted by Crippen LogP contribution is 2.12. The van der Waals surface area contributed by atoms with Crippen LogP contribution in [0.4, 0.5) is 5.82 Å². The summed E-state index contributed by atoms with van der Waals surface area (Å²) in [6, 6.07) is 0.0976. The summed E-state index contributed by atoms with van der Waals surface area (Å²) in [5.74, 6) is 1.46. The van der Waals surface area contributed by atoms with Gasteiger partial charge in [0, 0.05) is 42.4 Å². The molecular weight excluding hydrogens is 256 g/mol. The molecule has 1 fully saturated rings. The average molecular weight is 272 g/mol. The lowest BCUT2D eigenvalue weighted by Crippen LogP contribution is -2.42. The molecule has 1 saturated heterocycles. The number of rotatable bonds is 2. The van der Waals surface area contributed by atoms with Crippen LogP contribution in [-0.4, -0.2) is 36.1 Å². The maximum Gasteiger partial charge on any atom is 0.346 e. The van der Waals surface area contributed by atoms with Gasteiger partial charge >= 0.3 is 5.69 Å². The van der Waals surface area contributed by atoms with Gasteiger partial charge in [-0.25, -0.2) is 9.48 Å². The molecule has 1 aliphatic heterocycles. The first-order valence-electron chi connectivity index (χ1n) is 5.75. The monoisotopic (exact) mass is 272 g/mol. The molecule has 100 valence electrons. The number of nitrogens with zero attached hydrogens (tertiary/aromatic N) is 3. The van der Waals surface area contributed by atoms with E-state index in [1.807, 2.05) is 0 Å². The van der Waals surface area contributed by atoms with Crippen molar-refractivity contribution in [3.8, 4) is 0 Å². The second-order valence-corrected chi connectivity index (χ2v) is 6.08. The maximum atomic E-state index is 11.8. The van der Waals surface area contributed by atoms with Crippen molar-refractivity contribution in [3.63, 3.8) is 0 Å². The van der Waals surface area contributed by atoms with Crippen LogP contribution in [0.1, 0.15) is 12.8 Å². The molecule has 0 bridgehead atoms. The Balaban J connectivity index is 2.22. The van der Waals surface area contributed by atoms with Crippen LogP contribution in [-0.2, 0) is 24.9 Å². The zero-order chi connectivity index (χ0) is 13.3. The maximum absolute atomic E-state index is 11.8. The summed E-state index contributed by atoms with van der Waals surface area (Å²) in [6.45, 7) is 0. The van der Waals surface area contributed by atoms with E-state index in [4.69, 9.17) is 0 Å². The van der Waals surface area contributed by atoms with E-state index in [1.54, 1.807) is 0 Å². The van der Waals surface area contributed by atoms with Crippen molar-refractivity contribution in [1.82, 2.24) is 14.3 Å². The fourth-order valence-electron chi connectivity index (χ4n) is 1.92. The normalized spacial score (nSPS) is 23.9. The zero-order valence-corrected chi connectivity index (χ0v) is 11.2. The van der Waals surface area contributed by atoms with Crippen LogP contribution in [0.15, 0.2) is 9.59 Å². The van der Waals surface area contributed by atoms with Gasteiger partial charge in [-0.1, -0.05) is 0 Å². The van der Waals surface area contributed by atoms with Gasteiger partial charge in [0.2, 0.25) is 5.82 Å². The van der Waals surface area contributed by atoms with Crippen molar-refractivity contribution in [3.05, 3.63) is 20.8 Å². The van der Waals surface area contributed by atoms with E-state index in [0.717, 1.165) is 22.1 Å². The van der Waals surface area contributed by atoms with Crippen molar-refractivity contribution in [1.29, 1.82) is 0 Å². The molecule has 0 spiro atoms. The molecule has 1 aliphatic rings. The predicted molar refractivity (Wildman–Crippen MR) is 69.2 cm³/mol. The lowest BCUT2D eigenvalue weighted by Gasteiger charge is -2.22. The average Bonchev–Trinajstić information content (AvgIpc) is 2.36. The predicted octanol–water partition coefficient (Wildman–Crippen LogP) is -1.20. The lowest BCUT2D eigenvalue weighted by molar-refractivity contribution is 0.584. The van der Waals surface area contributed by atoms with Gasteiger partial charge in [0.25, 0.3) is 5.56 Å². The minimum absolute atomic E-state index is 0.0976. The van der Waals surface area contributed by atoms with E-state index in [0.29, 0.717) is 11.5 Å². The highest BCUT2D eigenvalue weighted by atomic mass is 32.2. The SMILES string of the molecule is Cn1nc(NC2CCS(=O)CC2)c(=O)n(C)c1=O. The van der Waals surface area contributed by atoms with Crippen LogP contribution in [0.2, 0.25) is 0 Å². The number of aryl methyl sites for hydroxylation is 1. The van der Waals surface area contributed by atoms with Crippen molar-refractivity contribution < 1.29 is 4.21 Å². The van der Waals surface area contributed by atoms with E-state index in [1.165, 1.54) is 14.1 Å². The van der Waals surface area contributed by atoms with Crippen LogP contribution in [0, 0.1) is 0 Å². The number of nitrogens with one attached hydrogen (secondary N) is 1. The number of hydrogen-bond acceptors (Lipinski definition) is 5. The fourth-order valence-corrected chi connectivity index (χ4v) is 3.22. The second kappa shape index (κ2) is 5.05. The third-order valence-corrected chi connectivity index (χ3v) is 4.43. The number of hydrogen-bond donors (Lipinski definition) is 1. The minimum Gasteiger partial charge on any atom is -0.361 e. The molecule has 2 rings (SSSR count). The van der Waals surface area contributed by atoms with Gasteiger partial charge in [0.1, 0.15) is 0 Å². The molecule has 2 heterocycles. The van der Waals surface area contributed by atoms with Crippen molar-refractivity contribution in [2.45, 2.75) is 18.9 Å². The summed E-state index contributed by atoms with van der Waals surface area (Å²) < 4.78 is 13.4. The third kappa shape index (κ3) is 2.53. The Bertz CT molecular complexity index is 582. The van der Waals surface area contributed by atoms with Gasteiger partial charge in [-0.3, -0.25) is 13.6 Å². The zero-order valence-electron chi connectivity index (χ0n) is 10.4. The minimum atomic E-state index is -0.736. The standard InChI is InChI=1S/C10H16N4O3S/c1-13-9(15)8(12-14(2)10(13)16)11-7-3-5-18(17)6-4-7/h7H,3-6H2,1-2H3,(H,11,12). The molecule has 0 atom stereocenters. The van der Waals surface area contributed by atoms with Gasteiger partial charge < -0.3 is 5.32 Å². The van der Waals surface area contributed by atoms with E-state index in [2.05, 4.69) is 10.4 Å². The number of anilines is 1. The Morgan fingerprint density at radius 3 is 2.50 bits per heavy atom. The first kappa shape index (κ1) is 13.0. The molecule has 8 heteroatoms. The first-order chi connectivity index (χ1) is 8.49. The Labute approximate surface area is 106 Å². The summed E-state index contributed by atoms with van der Waals surface area (Å²) in [5, 5.41) is 6.97. The van der Waals surface area contributed by atoms with E-state index in [9.17, 15) is 13.8 Å². The summed E-state index contributed by atoms with van der Waals surface area (Å²) in [4.78, 5) is 23.3. The van der Waals surface area contributed by atoms with Crippen LogP contribution in [0.5, 0.6) is 0 Å². The molecule has 0 aliphatic carbocycles. The molecule has 0 radical (unpaired) electrons. The fraction of sp³-hybridized carbons (Fsp3) is 0.700. The molecule has 0 saturated carbocycles. The van der Waals surface area contributed by atoms with Gasteiger partial charge in [0.15, 0.2) is 0 Å². The first-order valence-corrected chi connectivity index (χ1v) is 7.23. The Kier molecular flexibility index (Phi) is 3.65. The smallest absolute Gasteiger partial charge is 0.346 e. The Morgan fingerprint density at radius 1 is 1.28 bits per heavy atom. The van der Waals surface area contributed by atoms with E-state index in [-0.39, 0.29) is 11.9 Å². The molecule has 1 N–H and O–H groups in total. The molecule has 0 unspecified atom stereocenters. The summed E-state index contributed by atoms with van der Waals surface area (Å²) in [6.07, 6.45) is 1.50. The van der Waals surface area contributed by atoms with Crippen LogP contribution in [0.25, 0.3) is 0 Å². The van der Waals surface area contributed by atoms with Crippen LogP contribution in [0.3, 0.4) is 0 Å². The van der Waals surface area contributed by atoms with Gasteiger partial charge in [-0.15, -0.1) is 5.10 Å². The van der Waals surface area contributed by atoms with Crippen LogP contribution < -0.4 is 16.6 Å². The van der Waals surface area contributed by atoms with Crippen molar-refractivity contribution in [2.75, 3.05) is 16.8 Å². The molecular formula is C10H16N4O3S. The summed E-state index contributed by atoms with van der Waals surface area (Å²) in [5.41, 5.74) is -0.875. The largest absolute Gasteiger partial charge is 0.361 e. The summed E-state index contributed by atoms with van der Waals surface area (Å²) in [7, 11) is 2.19. The third-order valence-electron chi connectivity index (χ3n) is 3.05. The van der Waals surface area contributed by atoms with Gasteiger partial charge in [0.05, 0.1) is 0 Å². The van der Waals surface area contributed by atoms with E-state index < -0.39 is 22.0 Å². The lowest BCUT2D eigenvalue weighted by atomic mass is 10.1. The molecule has 0 amide bonds. The quantitative estimate of drug-likeness (QED) is 0.731. The second-order valence-electron chi connectivity index (χ2n) is 4.39. The topological polar surface area (TPSA) is 86.0 Å². The van der Waals surface area contributed by atoms with Gasteiger partial charge in [-0.2, -0.15) is 0 Å². The van der Waals surface area contributed by atoms with Crippen molar-refractivity contribution in [2.24, 2.45) is 14.1 Å². The summed E-state index contributed by atoms with van der Waals surface area (Å²) >= 11 is 0. The molecule has 1 aromatic rings. The number of aromatic nitrogens is 3. The van der Waals surface area contributed by atoms with E-state index >= 15 is 0 Å².